The number of hydrogen-bond acceptors (Lipinski definition) is 4. The Bertz CT molecular complexity index is 1370. The highest BCUT2D eigenvalue weighted by Gasteiger charge is 2.72. The van der Waals surface area contributed by atoms with Crippen LogP contribution in [0.1, 0.15) is 60.8 Å². The maximum atomic E-state index is 7.34. The van der Waals surface area contributed by atoms with Gasteiger partial charge >= 0.3 is 0 Å². The Morgan fingerprint density at radius 3 is 2.54 bits per heavy atom. The van der Waals surface area contributed by atoms with Gasteiger partial charge in [-0.05, 0) is 92.3 Å². The second-order valence-electron chi connectivity index (χ2n) is 12.4. The van der Waals surface area contributed by atoms with E-state index in [1.165, 1.54) is 41.6 Å². The molecule has 4 nitrogen and oxygen atoms in total. The first-order valence-electron chi connectivity index (χ1n) is 14.8. The summed E-state index contributed by atoms with van der Waals surface area (Å²) in [5.74, 6) is 2.76. The maximum absolute atomic E-state index is 7.34. The first-order valence-corrected chi connectivity index (χ1v) is 15.6. The largest absolute Gasteiger partial charge is 0.485 e. The molecule has 2 aliphatic heterocycles. The first-order chi connectivity index (χ1) is 19.2. The molecule has 5 aliphatic rings. The van der Waals surface area contributed by atoms with Gasteiger partial charge in [0.15, 0.2) is 11.5 Å². The van der Waals surface area contributed by atoms with Gasteiger partial charge in [0.1, 0.15) is 12.7 Å². The third kappa shape index (κ3) is 3.83. The van der Waals surface area contributed by atoms with Crippen LogP contribution in [0.25, 0.3) is 0 Å². The van der Waals surface area contributed by atoms with E-state index in [4.69, 9.17) is 14.2 Å². The van der Waals surface area contributed by atoms with Gasteiger partial charge in [-0.2, -0.15) is 0 Å². The molecule has 1 saturated heterocycles. The van der Waals surface area contributed by atoms with Crippen molar-refractivity contribution in [1.82, 2.24) is 4.90 Å². The molecule has 0 aromatic heterocycles. The van der Waals surface area contributed by atoms with Gasteiger partial charge in [0.25, 0.3) is 0 Å². The van der Waals surface area contributed by atoms with Crippen LogP contribution in [0.5, 0.6) is 11.5 Å². The average Bonchev–Trinajstić information content (AvgIpc) is 3.72. The molecule has 3 fully saturated rings. The Morgan fingerprint density at radius 1 is 0.897 bits per heavy atom. The summed E-state index contributed by atoms with van der Waals surface area (Å²) in [5, 5.41) is 0. The van der Waals surface area contributed by atoms with Crippen LogP contribution in [-0.4, -0.2) is 35.7 Å². The SMILES string of the molecule is Brc1ccc(COC23CCC[C@@H]4Oc5c(OCc6ccccc6)ccc6c5[C@@]42CCN(CC2CC2)[C@@H]3C6)cc1. The molecule has 8 rings (SSSR count). The number of piperidine rings is 1. The van der Waals surface area contributed by atoms with E-state index in [-0.39, 0.29) is 17.1 Å². The molecule has 2 saturated carbocycles. The lowest BCUT2D eigenvalue weighted by molar-refractivity contribution is -0.221. The summed E-state index contributed by atoms with van der Waals surface area (Å²) in [5.41, 5.74) is 4.93. The zero-order valence-corrected chi connectivity index (χ0v) is 24.0. The van der Waals surface area contributed by atoms with Crippen molar-refractivity contribution in [3.8, 4) is 11.5 Å². The van der Waals surface area contributed by atoms with Gasteiger partial charge in [0.05, 0.1) is 17.6 Å². The molecule has 5 heteroatoms. The van der Waals surface area contributed by atoms with Crippen molar-refractivity contribution in [2.24, 2.45) is 5.92 Å². The third-order valence-electron chi connectivity index (χ3n) is 10.3. The molecular formula is C34H36BrNO3. The molecule has 202 valence electrons. The summed E-state index contributed by atoms with van der Waals surface area (Å²) in [6.07, 6.45) is 8.39. The highest BCUT2D eigenvalue weighted by molar-refractivity contribution is 9.10. The van der Waals surface area contributed by atoms with E-state index < -0.39 is 0 Å². The molecule has 3 aliphatic carbocycles. The van der Waals surface area contributed by atoms with Gasteiger partial charge in [0.2, 0.25) is 0 Å². The zero-order chi connectivity index (χ0) is 26.0. The lowest BCUT2D eigenvalue weighted by Gasteiger charge is -2.65. The Balaban J connectivity index is 1.21. The number of rotatable bonds is 8. The van der Waals surface area contributed by atoms with Crippen LogP contribution in [0, 0.1) is 5.92 Å². The van der Waals surface area contributed by atoms with Gasteiger partial charge in [0, 0.05) is 22.6 Å². The molecule has 0 N–H and O–H groups in total. The third-order valence-corrected chi connectivity index (χ3v) is 10.8. The maximum Gasteiger partial charge on any atom is 0.165 e. The molecule has 0 radical (unpaired) electrons. The fourth-order valence-electron chi connectivity index (χ4n) is 8.37. The summed E-state index contributed by atoms with van der Waals surface area (Å²) in [4.78, 5) is 2.81. The number of ether oxygens (including phenoxy) is 3. The number of nitrogens with zero attached hydrogens (tertiary/aromatic N) is 1. The van der Waals surface area contributed by atoms with E-state index in [1.807, 2.05) is 0 Å². The topological polar surface area (TPSA) is 30.9 Å². The molecule has 1 unspecified atom stereocenters. The molecule has 2 bridgehead atoms. The molecule has 4 atom stereocenters. The fraction of sp³-hybridized carbons (Fsp3) is 0.471. The van der Waals surface area contributed by atoms with E-state index in [2.05, 4.69) is 87.6 Å². The standard InChI is InChI=1S/C34H36BrNO3/c35-27-13-10-25(11-14-27)22-38-34-16-4-7-30-33(34)17-18-36(20-23-8-9-23)29(34)19-26-12-15-28(32(39-30)31(26)33)37-21-24-5-2-1-3-6-24/h1-3,5-6,10-15,23,29-30H,4,7-9,16-22H2/t29-,30+,33-,34?/m1/s1. The molecule has 0 amide bonds. The minimum Gasteiger partial charge on any atom is -0.485 e. The first kappa shape index (κ1) is 24.5. The smallest absolute Gasteiger partial charge is 0.165 e. The summed E-state index contributed by atoms with van der Waals surface area (Å²) >= 11 is 3.59. The lowest BCUT2D eigenvalue weighted by Crippen LogP contribution is -2.76. The van der Waals surface area contributed by atoms with Crippen LogP contribution in [0.2, 0.25) is 0 Å². The lowest BCUT2D eigenvalue weighted by atomic mass is 9.49. The molecule has 3 aromatic carbocycles. The van der Waals surface area contributed by atoms with Crippen LogP contribution in [0.3, 0.4) is 0 Å². The molecular weight excluding hydrogens is 550 g/mol. The van der Waals surface area contributed by atoms with E-state index in [0.717, 1.165) is 60.5 Å². The van der Waals surface area contributed by atoms with Crippen molar-refractivity contribution in [3.63, 3.8) is 0 Å². The normalized spacial score (nSPS) is 30.5. The summed E-state index contributed by atoms with van der Waals surface area (Å²) < 4.78 is 21.9. The van der Waals surface area contributed by atoms with E-state index >= 15 is 0 Å². The van der Waals surface area contributed by atoms with Gasteiger partial charge in [-0.1, -0.05) is 64.5 Å². The summed E-state index contributed by atoms with van der Waals surface area (Å²) in [6, 6.07) is 24.0. The van der Waals surface area contributed by atoms with Crippen LogP contribution in [0.4, 0.5) is 0 Å². The fourth-order valence-corrected chi connectivity index (χ4v) is 8.64. The average molecular weight is 587 g/mol. The monoisotopic (exact) mass is 585 g/mol. The predicted octanol–water partition coefficient (Wildman–Crippen LogP) is 7.21. The second kappa shape index (κ2) is 9.36. The van der Waals surface area contributed by atoms with Crippen molar-refractivity contribution >= 4 is 15.9 Å². The number of halogens is 1. The molecule has 3 aromatic rings. The Hall–Kier alpha value is -2.34. The van der Waals surface area contributed by atoms with Crippen molar-refractivity contribution in [1.29, 1.82) is 0 Å². The quantitative estimate of drug-likeness (QED) is 0.279. The highest BCUT2D eigenvalue weighted by atomic mass is 79.9. The van der Waals surface area contributed by atoms with Crippen molar-refractivity contribution in [3.05, 3.63) is 93.5 Å². The van der Waals surface area contributed by atoms with Gasteiger partial charge in [-0.25, -0.2) is 0 Å². The summed E-state index contributed by atoms with van der Waals surface area (Å²) in [6.45, 7) is 3.55. The van der Waals surface area contributed by atoms with E-state index in [1.54, 1.807) is 0 Å². The van der Waals surface area contributed by atoms with E-state index in [0.29, 0.717) is 19.3 Å². The van der Waals surface area contributed by atoms with Gasteiger partial charge in [-0.3, -0.25) is 4.90 Å². The van der Waals surface area contributed by atoms with Crippen LogP contribution in [0.15, 0.2) is 71.2 Å². The van der Waals surface area contributed by atoms with Crippen molar-refractivity contribution < 1.29 is 14.2 Å². The van der Waals surface area contributed by atoms with Crippen molar-refractivity contribution in [2.75, 3.05) is 13.1 Å². The molecule has 2 heterocycles. The second-order valence-corrected chi connectivity index (χ2v) is 13.3. The van der Waals surface area contributed by atoms with Crippen LogP contribution >= 0.6 is 15.9 Å². The van der Waals surface area contributed by atoms with Crippen LogP contribution < -0.4 is 9.47 Å². The highest BCUT2D eigenvalue weighted by Crippen LogP contribution is 2.67. The van der Waals surface area contributed by atoms with Gasteiger partial charge < -0.3 is 14.2 Å². The minimum atomic E-state index is -0.244. The van der Waals surface area contributed by atoms with Crippen molar-refractivity contribution in [2.45, 2.75) is 81.3 Å². The Kier molecular flexibility index (Phi) is 5.87. The Labute approximate surface area is 239 Å². The number of hydrogen-bond donors (Lipinski definition) is 0. The predicted molar refractivity (Wildman–Crippen MR) is 155 cm³/mol. The zero-order valence-electron chi connectivity index (χ0n) is 22.4. The number of likely N-dealkylation sites (tertiary alicyclic amines) is 1. The van der Waals surface area contributed by atoms with Crippen LogP contribution in [-0.2, 0) is 29.8 Å². The summed E-state index contributed by atoms with van der Waals surface area (Å²) in [7, 11) is 0. The number of benzene rings is 3. The van der Waals surface area contributed by atoms with E-state index in [9.17, 15) is 0 Å². The minimum absolute atomic E-state index is 0.111. The molecule has 1 spiro atoms. The molecule has 39 heavy (non-hydrogen) atoms. The Morgan fingerprint density at radius 2 is 1.72 bits per heavy atom. The van der Waals surface area contributed by atoms with Gasteiger partial charge in [-0.15, -0.1) is 0 Å².